The number of rotatable bonds is 4. The summed E-state index contributed by atoms with van der Waals surface area (Å²) in [6, 6.07) is 0. The number of hydrogen-bond donors (Lipinski definition) is 2. The van der Waals surface area contributed by atoms with E-state index in [4.69, 9.17) is 5.73 Å². The summed E-state index contributed by atoms with van der Waals surface area (Å²) in [4.78, 5) is 11.5. The molecule has 15 heavy (non-hydrogen) atoms. The number of carbonyl (C=O) groups is 1. The van der Waals surface area contributed by atoms with Gasteiger partial charge in [-0.15, -0.1) is 0 Å². The molecule has 3 N–H and O–H groups in total. The van der Waals surface area contributed by atoms with Gasteiger partial charge in [-0.25, -0.2) is 0 Å². The Morgan fingerprint density at radius 3 is 2.40 bits per heavy atom. The molecule has 1 fully saturated rings. The van der Waals surface area contributed by atoms with E-state index in [2.05, 4.69) is 5.32 Å². The van der Waals surface area contributed by atoms with Gasteiger partial charge < -0.3 is 11.1 Å². The fraction of sp³-hybridized carbons (Fsp3) is 0.917. The number of nitrogens with two attached hydrogens (primary N) is 1. The minimum Gasteiger partial charge on any atom is -0.359 e. The van der Waals surface area contributed by atoms with Crippen molar-refractivity contribution in [2.75, 3.05) is 13.6 Å². The molecule has 0 heterocycles. The van der Waals surface area contributed by atoms with Gasteiger partial charge in [-0.1, -0.05) is 38.5 Å². The second kappa shape index (κ2) is 6.83. The first kappa shape index (κ1) is 12.5. The van der Waals surface area contributed by atoms with Crippen LogP contribution < -0.4 is 11.1 Å². The van der Waals surface area contributed by atoms with Crippen LogP contribution in [0.25, 0.3) is 0 Å². The molecule has 1 atom stereocenters. The van der Waals surface area contributed by atoms with Crippen LogP contribution in [-0.2, 0) is 4.79 Å². The maximum Gasteiger partial charge on any atom is 0.224 e. The smallest absolute Gasteiger partial charge is 0.224 e. The summed E-state index contributed by atoms with van der Waals surface area (Å²) in [5, 5.41) is 2.70. The standard InChI is InChI=1S/C12H24N2O/c1-14-12(15)11(9-13)8-10-6-4-2-3-5-7-10/h10-11H,2-9,13H2,1H3,(H,14,15). The summed E-state index contributed by atoms with van der Waals surface area (Å²) in [7, 11) is 1.69. The minimum atomic E-state index is 0.0260. The van der Waals surface area contributed by atoms with E-state index in [0.717, 1.165) is 12.3 Å². The molecule has 0 spiro atoms. The highest BCUT2D eigenvalue weighted by atomic mass is 16.1. The Bertz CT molecular complexity index is 186. The van der Waals surface area contributed by atoms with Crippen molar-refractivity contribution >= 4 is 5.91 Å². The fourth-order valence-electron chi connectivity index (χ4n) is 2.52. The average Bonchev–Trinajstić information content (AvgIpc) is 2.53. The predicted molar refractivity (Wildman–Crippen MR) is 62.4 cm³/mol. The molecule has 3 heteroatoms. The molecular formula is C12H24N2O. The lowest BCUT2D eigenvalue weighted by Gasteiger charge is -2.20. The van der Waals surface area contributed by atoms with E-state index in [9.17, 15) is 4.79 Å². The van der Waals surface area contributed by atoms with Gasteiger partial charge >= 0.3 is 0 Å². The van der Waals surface area contributed by atoms with Crippen molar-refractivity contribution in [2.45, 2.75) is 44.9 Å². The SMILES string of the molecule is CNC(=O)C(CN)CC1CCCCCC1. The van der Waals surface area contributed by atoms with Crippen LogP contribution in [0.15, 0.2) is 0 Å². The lowest BCUT2D eigenvalue weighted by molar-refractivity contribution is -0.124. The molecule has 1 amide bonds. The molecule has 1 unspecified atom stereocenters. The Kier molecular flexibility index (Phi) is 5.69. The molecule has 0 radical (unpaired) electrons. The topological polar surface area (TPSA) is 55.1 Å². The molecule has 1 aliphatic carbocycles. The van der Waals surface area contributed by atoms with Gasteiger partial charge in [0.1, 0.15) is 0 Å². The number of hydrogen-bond acceptors (Lipinski definition) is 2. The van der Waals surface area contributed by atoms with Crippen LogP contribution >= 0.6 is 0 Å². The van der Waals surface area contributed by atoms with Crippen molar-refractivity contribution in [1.29, 1.82) is 0 Å². The summed E-state index contributed by atoms with van der Waals surface area (Å²) in [6.07, 6.45) is 8.94. The van der Waals surface area contributed by atoms with E-state index < -0.39 is 0 Å². The first-order valence-electron chi connectivity index (χ1n) is 6.19. The molecule has 0 aliphatic heterocycles. The Morgan fingerprint density at radius 2 is 1.93 bits per heavy atom. The first-order chi connectivity index (χ1) is 7.27. The third kappa shape index (κ3) is 4.20. The summed E-state index contributed by atoms with van der Waals surface area (Å²) in [5.41, 5.74) is 5.64. The number of amides is 1. The Labute approximate surface area is 92.8 Å². The van der Waals surface area contributed by atoms with Crippen molar-refractivity contribution in [3.8, 4) is 0 Å². The maximum atomic E-state index is 11.5. The largest absolute Gasteiger partial charge is 0.359 e. The van der Waals surface area contributed by atoms with Crippen LogP contribution in [-0.4, -0.2) is 19.5 Å². The van der Waals surface area contributed by atoms with E-state index in [1.54, 1.807) is 7.05 Å². The van der Waals surface area contributed by atoms with E-state index in [-0.39, 0.29) is 11.8 Å². The van der Waals surface area contributed by atoms with Crippen LogP contribution in [0.5, 0.6) is 0 Å². The zero-order valence-electron chi connectivity index (χ0n) is 9.80. The third-order valence-electron chi connectivity index (χ3n) is 3.49. The first-order valence-corrected chi connectivity index (χ1v) is 6.19. The average molecular weight is 212 g/mol. The predicted octanol–water partition coefficient (Wildman–Crippen LogP) is 1.67. The van der Waals surface area contributed by atoms with Gasteiger partial charge in [0.25, 0.3) is 0 Å². The van der Waals surface area contributed by atoms with Crippen molar-refractivity contribution < 1.29 is 4.79 Å². The monoisotopic (exact) mass is 212 g/mol. The van der Waals surface area contributed by atoms with Gasteiger partial charge in [-0.05, 0) is 12.3 Å². The molecule has 0 aromatic rings. The molecular weight excluding hydrogens is 188 g/mol. The van der Waals surface area contributed by atoms with Crippen molar-refractivity contribution in [3.05, 3.63) is 0 Å². The van der Waals surface area contributed by atoms with Crippen molar-refractivity contribution in [2.24, 2.45) is 17.6 Å². The Hall–Kier alpha value is -0.570. The van der Waals surface area contributed by atoms with E-state index >= 15 is 0 Å². The Morgan fingerprint density at radius 1 is 1.33 bits per heavy atom. The van der Waals surface area contributed by atoms with Crippen molar-refractivity contribution in [1.82, 2.24) is 5.32 Å². The van der Waals surface area contributed by atoms with E-state index in [1.165, 1.54) is 38.5 Å². The van der Waals surface area contributed by atoms with Crippen LogP contribution in [0.4, 0.5) is 0 Å². The normalized spacial score (nSPS) is 20.7. The zero-order chi connectivity index (χ0) is 11.1. The van der Waals surface area contributed by atoms with Gasteiger partial charge in [0.05, 0.1) is 5.92 Å². The number of carbonyl (C=O) groups excluding carboxylic acids is 1. The Balaban J connectivity index is 2.38. The van der Waals surface area contributed by atoms with Gasteiger partial charge in [-0.3, -0.25) is 4.79 Å². The molecule has 0 bridgehead atoms. The van der Waals surface area contributed by atoms with Crippen LogP contribution in [0.1, 0.15) is 44.9 Å². The lowest BCUT2D eigenvalue weighted by Crippen LogP contribution is -2.34. The summed E-state index contributed by atoms with van der Waals surface area (Å²) >= 11 is 0. The maximum absolute atomic E-state index is 11.5. The molecule has 3 nitrogen and oxygen atoms in total. The minimum absolute atomic E-state index is 0.0260. The van der Waals surface area contributed by atoms with E-state index in [0.29, 0.717) is 6.54 Å². The quantitative estimate of drug-likeness (QED) is 0.696. The van der Waals surface area contributed by atoms with Gasteiger partial charge in [0.15, 0.2) is 0 Å². The third-order valence-corrected chi connectivity index (χ3v) is 3.49. The van der Waals surface area contributed by atoms with Crippen LogP contribution in [0.3, 0.4) is 0 Å². The molecule has 1 rings (SSSR count). The summed E-state index contributed by atoms with van der Waals surface area (Å²) in [6.45, 7) is 0.482. The molecule has 0 aromatic carbocycles. The van der Waals surface area contributed by atoms with E-state index in [1.807, 2.05) is 0 Å². The van der Waals surface area contributed by atoms with Gasteiger partial charge in [0.2, 0.25) is 5.91 Å². The van der Waals surface area contributed by atoms with Crippen LogP contribution in [0, 0.1) is 11.8 Å². The highest BCUT2D eigenvalue weighted by Gasteiger charge is 2.21. The number of nitrogens with one attached hydrogen (secondary N) is 1. The second-order valence-electron chi connectivity index (χ2n) is 4.64. The molecule has 1 aliphatic rings. The highest BCUT2D eigenvalue weighted by Crippen LogP contribution is 2.27. The fourth-order valence-corrected chi connectivity index (χ4v) is 2.52. The highest BCUT2D eigenvalue weighted by molar-refractivity contribution is 5.78. The van der Waals surface area contributed by atoms with Gasteiger partial charge in [-0.2, -0.15) is 0 Å². The molecule has 0 saturated heterocycles. The summed E-state index contributed by atoms with van der Waals surface area (Å²) in [5.74, 6) is 0.859. The van der Waals surface area contributed by atoms with Crippen molar-refractivity contribution in [3.63, 3.8) is 0 Å². The second-order valence-corrected chi connectivity index (χ2v) is 4.64. The molecule has 1 saturated carbocycles. The zero-order valence-corrected chi connectivity index (χ0v) is 9.80. The molecule has 0 aromatic heterocycles. The lowest BCUT2D eigenvalue weighted by atomic mass is 9.88. The summed E-state index contributed by atoms with van der Waals surface area (Å²) < 4.78 is 0. The van der Waals surface area contributed by atoms with Gasteiger partial charge in [0, 0.05) is 13.6 Å². The van der Waals surface area contributed by atoms with Crippen LogP contribution in [0.2, 0.25) is 0 Å². The molecule has 88 valence electrons.